The van der Waals surface area contributed by atoms with Gasteiger partial charge in [0.25, 0.3) is 0 Å². The molecule has 100 valence electrons. The van der Waals surface area contributed by atoms with E-state index >= 15 is 0 Å². The van der Waals surface area contributed by atoms with Gasteiger partial charge in [0.15, 0.2) is 0 Å². The van der Waals surface area contributed by atoms with Crippen LogP contribution in [0.5, 0.6) is 0 Å². The lowest BCUT2D eigenvalue weighted by Gasteiger charge is -2.27. The van der Waals surface area contributed by atoms with E-state index < -0.39 is 0 Å². The highest BCUT2D eigenvalue weighted by atomic mass is 16.5. The number of nitrogens with one attached hydrogen (secondary N) is 1. The van der Waals surface area contributed by atoms with Gasteiger partial charge in [-0.15, -0.1) is 0 Å². The first-order valence-corrected chi connectivity index (χ1v) is 7.40. The molecule has 1 N–H and O–H groups in total. The van der Waals surface area contributed by atoms with Crippen molar-refractivity contribution in [1.29, 1.82) is 0 Å². The predicted molar refractivity (Wildman–Crippen MR) is 71.3 cm³/mol. The minimum absolute atomic E-state index is 0.586. The Hall–Kier alpha value is -0.120. The molecular weight excluding hydrogens is 212 g/mol. The standard InChI is InChI=1S/C14H28N2O/c1-3-5-8-16(13-6-7-13)9-12-10-17-11-14(12)15-4-2/h12-15H,3-11H2,1-2H3. The summed E-state index contributed by atoms with van der Waals surface area (Å²) < 4.78 is 5.64. The van der Waals surface area contributed by atoms with Crippen molar-refractivity contribution in [2.45, 2.75) is 51.6 Å². The number of nitrogens with zero attached hydrogens (tertiary/aromatic N) is 1. The van der Waals surface area contributed by atoms with Gasteiger partial charge in [0.2, 0.25) is 0 Å². The highest BCUT2D eigenvalue weighted by molar-refractivity contribution is 4.89. The monoisotopic (exact) mass is 240 g/mol. The number of likely N-dealkylation sites (N-methyl/N-ethyl adjacent to an activating group) is 1. The van der Waals surface area contributed by atoms with Crippen LogP contribution in [0.15, 0.2) is 0 Å². The summed E-state index contributed by atoms with van der Waals surface area (Å²) in [4.78, 5) is 2.72. The fraction of sp³-hybridized carbons (Fsp3) is 1.00. The van der Waals surface area contributed by atoms with Crippen LogP contribution in [0.2, 0.25) is 0 Å². The number of hydrogen-bond acceptors (Lipinski definition) is 3. The molecule has 2 rings (SSSR count). The third kappa shape index (κ3) is 3.94. The van der Waals surface area contributed by atoms with E-state index in [1.165, 1.54) is 38.8 Å². The van der Waals surface area contributed by atoms with Crippen molar-refractivity contribution in [2.24, 2.45) is 5.92 Å². The average Bonchev–Trinajstić information content (AvgIpc) is 3.08. The van der Waals surface area contributed by atoms with Crippen LogP contribution < -0.4 is 5.32 Å². The molecule has 2 fully saturated rings. The highest BCUT2D eigenvalue weighted by Crippen LogP contribution is 2.29. The van der Waals surface area contributed by atoms with E-state index in [1.807, 2.05) is 0 Å². The quantitative estimate of drug-likeness (QED) is 0.701. The molecule has 0 aromatic carbocycles. The Bertz CT molecular complexity index is 218. The van der Waals surface area contributed by atoms with Crippen molar-refractivity contribution in [3.63, 3.8) is 0 Å². The third-order valence-electron chi connectivity index (χ3n) is 4.00. The van der Waals surface area contributed by atoms with E-state index in [9.17, 15) is 0 Å². The zero-order chi connectivity index (χ0) is 12.1. The number of rotatable bonds is 8. The molecule has 1 aliphatic heterocycles. The molecule has 1 aliphatic carbocycles. The molecule has 1 saturated heterocycles. The Balaban J connectivity index is 1.79. The topological polar surface area (TPSA) is 24.5 Å². The van der Waals surface area contributed by atoms with E-state index in [1.54, 1.807) is 0 Å². The van der Waals surface area contributed by atoms with Gasteiger partial charge in [0.05, 0.1) is 13.2 Å². The molecular formula is C14H28N2O. The molecule has 0 amide bonds. The molecule has 17 heavy (non-hydrogen) atoms. The summed E-state index contributed by atoms with van der Waals surface area (Å²) in [5.41, 5.74) is 0. The fourth-order valence-electron chi connectivity index (χ4n) is 2.79. The maximum atomic E-state index is 5.64. The summed E-state index contributed by atoms with van der Waals surface area (Å²) in [6.45, 7) is 9.91. The molecule has 0 radical (unpaired) electrons. The molecule has 0 aromatic rings. The van der Waals surface area contributed by atoms with Crippen molar-refractivity contribution in [3.05, 3.63) is 0 Å². The van der Waals surface area contributed by atoms with Crippen molar-refractivity contribution in [2.75, 3.05) is 32.8 Å². The normalized spacial score (nSPS) is 29.1. The van der Waals surface area contributed by atoms with Crippen LogP contribution in [0.4, 0.5) is 0 Å². The smallest absolute Gasteiger partial charge is 0.0623 e. The Morgan fingerprint density at radius 2 is 2.06 bits per heavy atom. The highest BCUT2D eigenvalue weighted by Gasteiger charge is 2.34. The van der Waals surface area contributed by atoms with E-state index in [0.29, 0.717) is 12.0 Å². The third-order valence-corrected chi connectivity index (χ3v) is 4.00. The van der Waals surface area contributed by atoms with Crippen LogP contribution in [0.1, 0.15) is 39.5 Å². The maximum absolute atomic E-state index is 5.64. The Kier molecular flexibility index (Phi) is 5.26. The Labute approximate surface area is 106 Å². The summed E-state index contributed by atoms with van der Waals surface area (Å²) in [5.74, 6) is 0.701. The van der Waals surface area contributed by atoms with E-state index in [4.69, 9.17) is 4.74 Å². The molecule has 3 nitrogen and oxygen atoms in total. The first kappa shape index (κ1) is 13.3. The first-order chi connectivity index (χ1) is 8.35. The number of ether oxygens (including phenoxy) is 1. The van der Waals surface area contributed by atoms with Crippen molar-refractivity contribution >= 4 is 0 Å². The average molecular weight is 240 g/mol. The van der Waals surface area contributed by atoms with E-state index in [2.05, 4.69) is 24.1 Å². The Morgan fingerprint density at radius 1 is 1.24 bits per heavy atom. The van der Waals surface area contributed by atoms with Crippen molar-refractivity contribution in [1.82, 2.24) is 10.2 Å². The summed E-state index contributed by atoms with van der Waals surface area (Å²) in [5, 5.41) is 3.56. The molecule has 2 unspecified atom stereocenters. The lowest BCUT2D eigenvalue weighted by atomic mass is 10.0. The lowest BCUT2D eigenvalue weighted by Crippen LogP contribution is -2.42. The van der Waals surface area contributed by atoms with Gasteiger partial charge in [-0.3, -0.25) is 4.90 Å². The second-order valence-electron chi connectivity index (χ2n) is 5.54. The lowest BCUT2D eigenvalue weighted by molar-refractivity contribution is 0.163. The molecule has 3 heteroatoms. The van der Waals surface area contributed by atoms with Gasteiger partial charge in [-0.05, 0) is 32.4 Å². The van der Waals surface area contributed by atoms with Crippen LogP contribution >= 0.6 is 0 Å². The van der Waals surface area contributed by atoms with Crippen LogP contribution in [-0.2, 0) is 4.74 Å². The number of hydrogen-bond donors (Lipinski definition) is 1. The molecule has 2 aliphatic rings. The van der Waals surface area contributed by atoms with Crippen molar-refractivity contribution < 1.29 is 4.74 Å². The molecule has 0 spiro atoms. The predicted octanol–water partition coefficient (Wildman–Crippen LogP) is 1.88. The second kappa shape index (κ2) is 6.72. The zero-order valence-corrected chi connectivity index (χ0v) is 11.5. The zero-order valence-electron chi connectivity index (χ0n) is 11.5. The Morgan fingerprint density at radius 3 is 2.71 bits per heavy atom. The molecule has 2 atom stereocenters. The molecule has 1 saturated carbocycles. The minimum Gasteiger partial charge on any atom is -0.379 e. The summed E-state index contributed by atoms with van der Waals surface area (Å²) in [6.07, 6.45) is 5.49. The van der Waals surface area contributed by atoms with Crippen LogP contribution in [0, 0.1) is 5.92 Å². The first-order valence-electron chi connectivity index (χ1n) is 7.40. The van der Waals surface area contributed by atoms with Crippen LogP contribution in [0.3, 0.4) is 0 Å². The van der Waals surface area contributed by atoms with Gasteiger partial charge in [-0.25, -0.2) is 0 Å². The van der Waals surface area contributed by atoms with Gasteiger partial charge in [-0.1, -0.05) is 20.3 Å². The van der Waals surface area contributed by atoms with Crippen molar-refractivity contribution in [3.8, 4) is 0 Å². The minimum atomic E-state index is 0.586. The van der Waals surface area contributed by atoms with E-state index in [0.717, 1.165) is 25.8 Å². The largest absolute Gasteiger partial charge is 0.379 e. The summed E-state index contributed by atoms with van der Waals surface area (Å²) >= 11 is 0. The SMILES string of the molecule is CCCCN(CC1COCC1NCC)C1CC1. The molecule has 0 bridgehead atoms. The van der Waals surface area contributed by atoms with Gasteiger partial charge >= 0.3 is 0 Å². The van der Waals surface area contributed by atoms with Crippen LogP contribution in [-0.4, -0.2) is 49.8 Å². The summed E-state index contributed by atoms with van der Waals surface area (Å²) in [7, 11) is 0. The summed E-state index contributed by atoms with van der Waals surface area (Å²) in [6, 6.07) is 1.48. The second-order valence-corrected chi connectivity index (χ2v) is 5.54. The van der Waals surface area contributed by atoms with Crippen LogP contribution in [0.25, 0.3) is 0 Å². The number of unbranched alkanes of at least 4 members (excludes halogenated alkanes) is 1. The molecule has 0 aromatic heterocycles. The maximum Gasteiger partial charge on any atom is 0.0623 e. The van der Waals surface area contributed by atoms with Gasteiger partial charge in [-0.2, -0.15) is 0 Å². The van der Waals surface area contributed by atoms with Gasteiger partial charge in [0, 0.05) is 24.5 Å². The van der Waals surface area contributed by atoms with E-state index in [-0.39, 0.29) is 0 Å². The van der Waals surface area contributed by atoms with Gasteiger partial charge < -0.3 is 10.1 Å². The van der Waals surface area contributed by atoms with Gasteiger partial charge in [0.1, 0.15) is 0 Å². The molecule has 1 heterocycles. The fourth-order valence-corrected chi connectivity index (χ4v) is 2.79.